The normalized spacial score (nSPS) is 15.3. The molecule has 3 aromatic rings. The lowest BCUT2D eigenvalue weighted by atomic mass is 9.78. The molecule has 0 unspecified atom stereocenters. The number of amides is 1. The van der Waals surface area contributed by atoms with Crippen LogP contribution in [0.1, 0.15) is 50.4 Å². The number of alkyl halides is 2. The molecule has 1 aliphatic carbocycles. The zero-order valence-corrected chi connectivity index (χ0v) is 20.7. The van der Waals surface area contributed by atoms with E-state index in [1.54, 1.807) is 45.2 Å². The van der Waals surface area contributed by atoms with Crippen LogP contribution in [-0.2, 0) is 4.74 Å². The van der Waals surface area contributed by atoms with Gasteiger partial charge >= 0.3 is 6.09 Å². The third-order valence-electron chi connectivity index (χ3n) is 5.64. The zero-order chi connectivity index (χ0) is 26.3. The van der Waals surface area contributed by atoms with Crippen molar-refractivity contribution in [2.24, 2.45) is 5.92 Å². The minimum atomic E-state index is -2.71. The van der Waals surface area contributed by atoms with E-state index in [9.17, 15) is 18.4 Å². The highest BCUT2D eigenvalue weighted by atomic mass is 19.3. The molecule has 0 bridgehead atoms. The number of hydrogen-bond acceptors (Lipinski definition) is 8. The van der Waals surface area contributed by atoms with Crippen molar-refractivity contribution in [2.45, 2.75) is 51.6 Å². The third-order valence-corrected chi connectivity index (χ3v) is 5.64. The predicted molar refractivity (Wildman–Crippen MR) is 128 cm³/mol. The summed E-state index contributed by atoms with van der Waals surface area (Å²) in [5.41, 5.74) is 0.111. The molecular formula is C24H28F2N6O4. The number of nitrogens with one attached hydrogen (secondary N) is 1. The van der Waals surface area contributed by atoms with Crippen molar-refractivity contribution >= 4 is 34.8 Å². The van der Waals surface area contributed by atoms with Gasteiger partial charge < -0.3 is 14.8 Å². The fraction of sp³-hybridized carbons (Fsp3) is 0.458. The fourth-order valence-corrected chi connectivity index (χ4v) is 3.96. The van der Waals surface area contributed by atoms with Gasteiger partial charge in [0.15, 0.2) is 11.4 Å². The maximum atomic E-state index is 13.3. The molecule has 1 amide bonds. The van der Waals surface area contributed by atoms with Gasteiger partial charge in [-0.05, 0) is 38.8 Å². The molecule has 3 aromatic heterocycles. The topological polar surface area (TPSA) is 111 Å². The SMILES string of the molecule is COc1ncccc1Nc1cc(N(C)C(=O)OC(C)(C)C)n2ncc(C(=O)CC3CC(F)(F)C3)c2n1. The van der Waals surface area contributed by atoms with Crippen LogP contribution in [0.3, 0.4) is 0 Å². The highest BCUT2D eigenvalue weighted by molar-refractivity contribution is 6.02. The average molecular weight is 503 g/mol. The van der Waals surface area contributed by atoms with Gasteiger partial charge in [-0.25, -0.2) is 23.5 Å². The van der Waals surface area contributed by atoms with E-state index in [1.807, 2.05) is 0 Å². The maximum absolute atomic E-state index is 13.3. The molecule has 0 spiro atoms. The number of nitrogens with zero attached hydrogens (tertiary/aromatic N) is 5. The first-order chi connectivity index (χ1) is 16.9. The summed E-state index contributed by atoms with van der Waals surface area (Å²) in [5, 5.41) is 7.37. The molecule has 192 valence electrons. The first-order valence-corrected chi connectivity index (χ1v) is 11.4. The molecule has 0 radical (unpaired) electrons. The van der Waals surface area contributed by atoms with Crippen LogP contribution < -0.4 is 15.0 Å². The highest BCUT2D eigenvalue weighted by Crippen LogP contribution is 2.44. The number of fused-ring (bicyclic) bond motifs is 1. The van der Waals surface area contributed by atoms with Crippen LogP contribution >= 0.6 is 0 Å². The Bertz CT molecular complexity index is 1300. The Labute approximate surface area is 206 Å². The average Bonchev–Trinajstić information content (AvgIpc) is 3.20. The van der Waals surface area contributed by atoms with E-state index in [-0.39, 0.29) is 47.9 Å². The zero-order valence-electron chi connectivity index (χ0n) is 20.7. The number of carbonyl (C=O) groups is 2. The van der Waals surface area contributed by atoms with Crippen LogP contribution in [0.4, 0.5) is 30.9 Å². The standard InChI is InChI=1S/C24H28F2N6O4/c1-23(2,3)36-22(34)31(4)19-10-18(29-16-7-6-8-27-21(16)35-5)30-20-15(13-28-32(19)20)17(33)9-14-11-24(25,26)12-14/h6-8,10,13-14H,9,11-12H2,1-5H3,(H,29,30). The molecule has 0 saturated heterocycles. The molecule has 1 fully saturated rings. The van der Waals surface area contributed by atoms with Crippen molar-refractivity contribution in [2.75, 3.05) is 24.4 Å². The monoisotopic (exact) mass is 502 g/mol. The van der Waals surface area contributed by atoms with Gasteiger partial charge in [0.2, 0.25) is 11.8 Å². The Morgan fingerprint density at radius 3 is 2.67 bits per heavy atom. The number of aromatic nitrogens is 4. The van der Waals surface area contributed by atoms with Gasteiger partial charge in [0.1, 0.15) is 22.9 Å². The van der Waals surface area contributed by atoms with Gasteiger partial charge in [0.05, 0.1) is 18.9 Å². The number of ketones is 1. The van der Waals surface area contributed by atoms with Crippen molar-refractivity contribution in [3.8, 4) is 5.88 Å². The fourth-order valence-electron chi connectivity index (χ4n) is 3.96. The number of halogens is 2. The minimum absolute atomic E-state index is 0.0378. The minimum Gasteiger partial charge on any atom is -0.480 e. The molecule has 1 N–H and O–H groups in total. The number of pyridine rings is 1. The van der Waals surface area contributed by atoms with E-state index in [0.717, 1.165) is 0 Å². The van der Waals surface area contributed by atoms with Crippen molar-refractivity contribution < 1.29 is 27.8 Å². The van der Waals surface area contributed by atoms with E-state index in [4.69, 9.17) is 9.47 Å². The summed E-state index contributed by atoms with van der Waals surface area (Å²) in [6.45, 7) is 5.24. The summed E-state index contributed by atoms with van der Waals surface area (Å²) in [6, 6.07) is 5.00. The summed E-state index contributed by atoms with van der Waals surface area (Å²) in [6.07, 6.45) is 1.60. The highest BCUT2D eigenvalue weighted by Gasteiger charge is 2.46. The van der Waals surface area contributed by atoms with E-state index in [0.29, 0.717) is 11.6 Å². The van der Waals surface area contributed by atoms with Gasteiger partial charge in [-0.3, -0.25) is 9.69 Å². The van der Waals surface area contributed by atoms with E-state index < -0.39 is 23.5 Å². The number of carbonyl (C=O) groups excluding carboxylic acids is 2. The van der Waals surface area contributed by atoms with Crippen LogP contribution in [0.2, 0.25) is 0 Å². The molecule has 3 heterocycles. The lowest BCUT2D eigenvalue weighted by Crippen LogP contribution is -2.36. The van der Waals surface area contributed by atoms with Gasteiger partial charge in [0.25, 0.3) is 0 Å². The number of hydrogen-bond donors (Lipinski definition) is 1. The predicted octanol–water partition coefficient (Wildman–Crippen LogP) is 4.87. The van der Waals surface area contributed by atoms with Crippen LogP contribution in [0, 0.1) is 5.92 Å². The number of methoxy groups -OCH3 is 1. The first kappa shape index (κ1) is 25.3. The van der Waals surface area contributed by atoms with Crippen LogP contribution in [0.25, 0.3) is 5.65 Å². The summed E-state index contributed by atoms with van der Waals surface area (Å²) >= 11 is 0. The van der Waals surface area contributed by atoms with Gasteiger partial charge in [0, 0.05) is 38.6 Å². The Morgan fingerprint density at radius 2 is 2.03 bits per heavy atom. The van der Waals surface area contributed by atoms with Crippen LogP contribution in [-0.4, -0.2) is 57.1 Å². The number of rotatable bonds is 7. The third kappa shape index (κ3) is 5.37. The van der Waals surface area contributed by atoms with Gasteiger partial charge in [-0.1, -0.05) is 0 Å². The number of anilines is 3. The second-order valence-corrected chi connectivity index (χ2v) is 9.78. The smallest absolute Gasteiger partial charge is 0.415 e. The molecule has 36 heavy (non-hydrogen) atoms. The van der Waals surface area contributed by atoms with Crippen molar-refractivity contribution in [1.29, 1.82) is 0 Å². The van der Waals surface area contributed by atoms with Crippen LogP contribution in [0.5, 0.6) is 5.88 Å². The summed E-state index contributed by atoms with van der Waals surface area (Å²) in [5.74, 6) is -2.59. The second-order valence-electron chi connectivity index (χ2n) is 9.78. The van der Waals surface area contributed by atoms with Gasteiger partial charge in [-0.15, -0.1) is 0 Å². The molecule has 10 nitrogen and oxygen atoms in total. The summed E-state index contributed by atoms with van der Waals surface area (Å²) in [7, 11) is 2.99. The molecule has 1 saturated carbocycles. The van der Waals surface area contributed by atoms with E-state index >= 15 is 0 Å². The lowest BCUT2D eigenvalue weighted by Gasteiger charge is -2.34. The quantitative estimate of drug-likeness (QED) is 0.456. The number of Topliss-reactive ketones (excluding diaryl/α,β-unsaturated/α-hetero) is 1. The summed E-state index contributed by atoms with van der Waals surface area (Å²) < 4.78 is 38.7. The lowest BCUT2D eigenvalue weighted by molar-refractivity contribution is -0.109. The molecule has 1 aliphatic rings. The van der Waals surface area contributed by atoms with Crippen molar-refractivity contribution in [3.63, 3.8) is 0 Å². The van der Waals surface area contributed by atoms with E-state index in [1.165, 1.54) is 29.8 Å². The van der Waals surface area contributed by atoms with Crippen LogP contribution in [0.15, 0.2) is 30.6 Å². The molecule has 4 rings (SSSR count). The van der Waals surface area contributed by atoms with Crippen molar-refractivity contribution in [3.05, 3.63) is 36.2 Å². The molecule has 0 atom stereocenters. The number of ether oxygens (including phenoxy) is 2. The first-order valence-electron chi connectivity index (χ1n) is 11.4. The molecule has 12 heteroatoms. The Morgan fingerprint density at radius 1 is 1.31 bits per heavy atom. The largest absolute Gasteiger partial charge is 0.480 e. The van der Waals surface area contributed by atoms with Gasteiger partial charge in [-0.2, -0.15) is 9.61 Å². The molecular weight excluding hydrogens is 474 g/mol. The Hall–Kier alpha value is -3.83. The second kappa shape index (κ2) is 9.32. The summed E-state index contributed by atoms with van der Waals surface area (Å²) in [4.78, 5) is 35.8. The Kier molecular flexibility index (Phi) is 6.54. The van der Waals surface area contributed by atoms with Crippen molar-refractivity contribution in [1.82, 2.24) is 19.6 Å². The Balaban J connectivity index is 1.74. The molecule has 0 aliphatic heterocycles. The molecule has 0 aromatic carbocycles. The maximum Gasteiger partial charge on any atom is 0.415 e. The van der Waals surface area contributed by atoms with E-state index in [2.05, 4.69) is 20.4 Å².